The second kappa shape index (κ2) is 8.08. The minimum Gasteiger partial charge on any atom is -0.337 e. The summed E-state index contributed by atoms with van der Waals surface area (Å²) in [7, 11) is 1.97. The Kier molecular flexibility index (Phi) is 5.62. The number of pyridine rings is 1. The first-order chi connectivity index (χ1) is 11.7. The molecule has 0 unspecified atom stereocenters. The van der Waals surface area contributed by atoms with E-state index in [4.69, 9.17) is 0 Å². The van der Waals surface area contributed by atoms with Crippen LogP contribution in [-0.2, 0) is 24.9 Å². The Hall–Kier alpha value is -2.17. The SMILES string of the molecule is Cn1ccnc1CN(Cc1cccnc1)C(=O)CC1CCCCC1. The Labute approximate surface area is 143 Å². The van der Waals surface area contributed by atoms with Crippen LogP contribution >= 0.6 is 0 Å². The lowest BCUT2D eigenvalue weighted by Crippen LogP contribution is -2.32. The molecule has 0 radical (unpaired) electrons. The zero-order chi connectivity index (χ0) is 16.8. The van der Waals surface area contributed by atoms with Crippen molar-refractivity contribution < 1.29 is 4.79 Å². The van der Waals surface area contributed by atoms with Crippen LogP contribution in [0.4, 0.5) is 0 Å². The van der Waals surface area contributed by atoms with Crippen LogP contribution in [-0.4, -0.2) is 25.3 Å². The van der Waals surface area contributed by atoms with Gasteiger partial charge < -0.3 is 9.47 Å². The lowest BCUT2D eigenvalue weighted by Gasteiger charge is -2.27. The number of carbonyl (C=O) groups excluding carboxylic acids is 1. The number of aromatic nitrogens is 3. The molecule has 1 aliphatic carbocycles. The highest BCUT2D eigenvalue weighted by atomic mass is 16.2. The Balaban J connectivity index is 1.70. The molecule has 0 saturated heterocycles. The number of rotatable bonds is 6. The fourth-order valence-electron chi connectivity index (χ4n) is 3.43. The summed E-state index contributed by atoms with van der Waals surface area (Å²) in [5.74, 6) is 1.69. The first-order valence-electron chi connectivity index (χ1n) is 8.85. The number of imidazole rings is 1. The van der Waals surface area contributed by atoms with Gasteiger partial charge in [-0.2, -0.15) is 0 Å². The van der Waals surface area contributed by atoms with E-state index in [1.54, 1.807) is 12.4 Å². The maximum atomic E-state index is 12.9. The van der Waals surface area contributed by atoms with Crippen LogP contribution in [0.1, 0.15) is 49.9 Å². The van der Waals surface area contributed by atoms with E-state index in [1.165, 1.54) is 32.1 Å². The van der Waals surface area contributed by atoms with E-state index in [-0.39, 0.29) is 5.91 Å². The molecule has 0 aromatic carbocycles. The van der Waals surface area contributed by atoms with E-state index in [9.17, 15) is 4.79 Å². The number of aryl methyl sites for hydroxylation is 1. The van der Waals surface area contributed by atoms with E-state index in [0.29, 0.717) is 25.4 Å². The van der Waals surface area contributed by atoms with Gasteiger partial charge in [0.2, 0.25) is 5.91 Å². The molecular weight excluding hydrogens is 300 g/mol. The molecule has 1 fully saturated rings. The van der Waals surface area contributed by atoms with Gasteiger partial charge in [-0.15, -0.1) is 0 Å². The minimum absolute atomic E-state index is 0.230. The molecule has 2 aromatic heterocycles. The summed E-state index contributed by atoms with van der Waals surface area (Å²) >= 11 is 0. The summed E-state index contributed by atoms with van der Waals surface area (Å²) in [5.41, 5.74) is 1.06. The number of nitrogens with zero attached hydrogens (tertiary/aromatic N) is 4. The second-order valence-corrected chi connectivity index (χ2v) is 6.77. The third-order valence-electron chi connectivity index (χ3n) is 4.89. The zero-order valence-corrected chi connectivity index (χ0v) is 14.4. The Morgan fingerprint density at radius 3 is 2.75 bits per heavy atom. The summed E-state index contributed by atoms with van der Waals surface area (Å²) < 4.78 is 1.98. The molecule has 0 N–H and O–H groups in total. The third-order valence-corrected chi connectivity index (χ3v) is 4.89. The maximum absolute atomic E-state index is 12.9. The number of amides is 1. The smallest absolute Gasteiger partial charge is 0.223 e. The van der Waals surface area contributed by atoms with Gasteiger partial charge in [-0.05, 0) is 30.4 Å². The van der Waals surface area contributed by atoms with Crippen molar-refractivity contribution in [3.63, 3.8) is 0 Å². The van der Waals surface area contributed by atoms with E-state index in [1.807, 2.05) is 41.0 Å². The molecule has 0 atom stereocenters. The average Bonchev–Trinajstić information content (AvgIpc) is 3.01. The normalized spacial score (nSPS) is 15.4. The predicted octanol–water partition coefficient (Wildman–Crippen LogP) is 3.31. The molecule has 5 heteroatoms. The van der Waals surface area contributed by atoms with Gasteiger partial charge >= 0.3 is 0 Å². The largest absolute Gasteiger partial charge is 0.337 e. The summed E-state index contributed by atoms with van der Waals surface area (Å²) in [6.07, 6.45) is 14.2. The van der Waals surface area contributed by atoms with Gasteiger partial charge in [0.05, 0.1) is 6.54 Å². The van der Waals surface area contributed by atoms with Gasteiger partial charge in [-0.25, -0.2) is 4.98 Å². The lowest BCUT2D eigenvalue weighted by atomic mass is 9.86. The van der Waals surface area contributed by atoms with Crippen LogP contribution in [0.15, 0.2) is 36.9 Å². The highest BCUT2D eigenvalue weighted by Gasteiger charge is 2.22. The van der Waals surface area contributed by atoms with Crippen LogP contribution in [0.3, 0.4) is 0 Å². The van der Waals surface area contributed by atoms with Crippen molar-refractivity contribution in [2.45, 2.75) is 51.6 Å². The van der Waals surface area contributed by atoms with Crippen LogP contribution in [0, 0.1) is 5.92 Å². The van der Waals surface area contributed by atoms with Crippen molar-refractivity contribution in [1.82, 2.24) is 19.4 Å². The molecule has 128 valence electrons. The van der Waals surface area contributed by atoms with Crippen molar-refractivity contribution in [2.75, 3.05) is 0 Å². The fourth-order valence-corrected chi connectivity index (χ4v) is 3.43. The highest BCUT2D eigenvalue weighted by Crippen LogP contribution is 2.27. The summed E-state index contributed by atoms with van der Waals surface area (Å²) in [6, 6.07) is 3.94. The molecule has 1 amide bonds. The third kappa shape index (κ3) is 4.43. The number of carbonyl (C=O) groups is 1. The van der Waals surface area contributed by atoms with Gasteiger partial charge in [0.15, 0.2) is 0 Å². The molecule has 1 saturated carbocycles. The number of hydrogen-bond acceptors (Lipinski definition) is 3. The van der Waals surface area contributed by atoms with Gasteiger partial charge in [-0.3, -0.25) is 9.78 Å². The number of hydrogen-bond donors (Lipinski definition) is 0. The summed E-state index contributed by atoms with van der Waals surface area (Å²) in [4.78, 5) is 23.4. The summed E-state index contributed by atoms with van der Waals surface area (Å²) in [6.45, 7) is 1.14. The lowest BCUT2D eigenvalue weighted by molar-refractivity contribution is -0.133. The molecule has 24 heavy (non-hydrogen) atoms. The van der Waals surface area contributed by atoms with E-state index >= 15 is 0 Å². The maximum Gasteiger partial charge on any atom is 0.223 e. The Morgan fingerprint density at radius 2 is 2.08 bits per heavy atom. The molecule has 0 spiro atoms. The molecule has 5 nitrogen and oxygen atoms in total. The first kappa shape index (κ1) is 16.7. The molecule has 0 aliphatic heterocycles. The van der Waals surface area contributed by atoms with Crippen LogP contribution in [0.5, 0.6) is 0 Å². The van der Waals surface area contributed by atoms with Gasteiger partial charge in [-0.1, -0.05) is 25.3 Å². The van der Waals surface area contributed by atoms with Crippen LogP contribution < -0.4 is 0 Å². The summed E-state index contributed by atoms with van der Waals surface area (Å²) in [5, 5.41) is 0. The molecule has 0 bridgehead atoms. The van der Waals surface area contributed by atoms with Crippen molar-refractivity contribution >= 4 is 5.91 Å². The van der Waals surface area contributed by atoms with Crippen molar-refractivity contribution in [3.8, 4) is 0 Å². The van der Waals surface area contributed by atoms with E-state index in [0.717, 1.165) is 11.4 Å². The van der Waals surface area contributed by atoms with Crippen LogP contribution in [0.2, 0.25) is 0 Å². The highest BCUT2D eigenvalue weighted by molar-refractivity contribution is 5.76. The molecule has 2 heterocycles. The zero-order valence-electron chi connectivity index (χ0n) is 14.4. The van der Waals surface area contributed by atoms with Gasteiger partial charge in [0, 0.05) is 44.8 Å². The van der Waals surface area contributed by atoms with E-state index in [2.05, 4.69) is 9.97 Å². The van der Waals surface area contributed by atoms with E-state index < -0.39 is 0 Å². The molecule has 3 rings (SSSR count). The molecular formula is C19H26N4O. The topological polar surface area (TPSA) is 51.0 Å². The van der Waals surface area contributed by atoms with Crippen molar-refractivity contribution in [1.29, 1.82) is 0 Å². The van der Waals surface area contributed by atoms with Crippen molar-refractivity contribution in [3.05, 3.63) is 48.3 Å². The van der Waals surface area contributed by atoms with Crippen molar-refractivity contribution in [2.24, 2.45) is 13.0 Å². The quantitative estimate of drug-likeness (QED) is 0.818. The molecule has 2 aromatic rings. The van der Waals surface area contributed by atoms with Crippen LogP contribution in [0.25, 0.3) is 0 Å². The second-order valence-electron chi connectivity index (χ2n) is 6.77. The Morgan fingerprint density at radius 1 is 1.25 bits per heavy atom. The molecule has 1 aliphatic rings. The Bertz CT molecular complexity index is 646. The fraction of sp³-hybridized carbons (Fsp3) is 0.526. The van der Waals surface area contributed by atoms with Gasteiger partial charge in [0.25, 0.3) is 0 Å². The standard InChI is InChI=1S/C19H26N4O/c1-22-11-10-21-18(22)15-23(14-17-8-5-9-20-13-17)19(24)12-16-6-3-2-4-7-16/h5,8-11,13,16H,2-4,6-7,12,14-15H2,1H3. The minimum atomic E-state index is 0.230. The monoisotopic (exact) mass is 326 g/mol. The average molecular weight is 326 g/mol. The first-order valence-corrected chi connectivity index (χ1v) is 8.85. The predicted molar refractivity (Wildman–Crippen MR) is 92.9 cm³/mol. The van der Waals surface area contributed by atoms with Gasteiger partial charge in [0.1, 0.15) is 5.82 Å².